The Bertz CT molecular complexity index is 518. The number of likely N-dealkylation sites (N-methyl/N-ethyl adjacent to an activating group) is 1. The van der Waals surface area contributed by atoms with Crippen LogP contribution >= 0.6 is 0 Å². The van der Waals surface area contributed by atoms with Gasteiger partial charge in [-0.2, -0.15) is 0 Å². The van der Waals surface area contributed by atoms with E-state index in [9.17, 15) is 14.4 Å². The predicted molar refractivity (Wildman–Crippen MR) is 87.0 cm³/mol. The first-order chi connectivity index (χ1) is 11.6. The monoisotopic (exact) mass is 337 g/mol. The van der Waals surface area contributed by atoms with Crippen LogP contribution in [0.25, 0.3) is 0 Å². The quantitative estimate of drug-likeness (QED) is 0.410. The smallest absolute Gasteiger partial charge is 0.291 e. The number of hydrogen-bond donors (Lipinski definition) is 2. The lowest BCUT2D eigenvalue weighted by atomic mass is 9.91. The molecule has 4 atom stereocenters. The summed E-state index contributed by atoms with van der Waals surface area (Å²) in [6.07, 6.45) is 4.62. The molecule has 2 saturated heterocycles. The van der Waals surface area contributed by atoms with E-state index in [2.05, 4.69) is 10.6 Å². The molecular formula is C17H27N3O4. The molecule has 2 amide bonds. The van der Waals surface area contributed by atoms with Crippen molar-refractivity contribution in [1.82, 2.24) is 15.5 Å². The first-order valence-electron chi connectivity index (χ1n) is 9.13. The van der Waals surface area contributed by atoms with Crippen molar-refractivity contribution >= 4 is 17.6 Å². The van der Waals surface area contributed by atoms with Crippen LogP contribution in [0.2, 0.25) is 0 Å². The molecule has 0 radical (unpaired) electrons. The summed E-state index contributed by atoms with van der Waals surface area (Å²) in [5, 5.41) is 5.89. The second kappa shape index (κ2) is 7.19. The standard InChI is InChI=1S/C17H27N3O4/c1-3-18-15(22)11-12(14-16(24-14)19-4-2)20(17(23)13(11)21)10-8-6-5-7-9-10/h10-12,14,16,19H,3-9H2,1-2H3,(H,18,22). The summed E-state index contributed by atoms with van der Waals surface area (Å²) in [5.41, 5.74) is 0. The second-order valence-corrected chi connectivity index (χ2v) is 6.81. The van der Waals surface area contributed by atoms with Crippen LogP contribution in [0.1, 0.15) is 46.0 Å². The van der Waals surface area contributed by atoms with Gasteiger partial charge in [-0.05, 0) is 26.3 Å². The highest BCUT2D eigenvalue weighted by atomic mass is 16.6. The van der Waals surface area contributed by atoms with E-state index >= 15 is 0 Å². The zero-order chi connectivity index (χ0) is 17.3. The third-order valence-corrected chi connectivity index (χ3v) is 5.26. The Morgan fingerprint density at radius 2 is 1.88 bits per heavy atom. The third-order valence-electron chi connectivity index (χ3n) is 5.26. The van der Waals surface area contributed by atoms with E-state index in [1.54, 1.807) is 4.90 Å². The Balaban J connectivity index is 1.86. The summed E-state index contributed by atoms with van der Waals surface area (Å²) in [6.45, 7) is 4.96. The number of carbonyl (C=O) groups is 3. The molecule has 0 bridgehead atoms. The highest BCUT2D eigenvalue weighted by Crippen LogP contribution is 2.39. The molecule has 0 aromatic heterocycles. The van der Waals surface area contributed by atoms with Gasteiger partial charge < -0.3 is 15.0 Å². The van der Waals surface area contributed by atoms with Crippen molar-refractivity contribution in [2.75, 3.05) is 13.1 Å². The maximum absolute atomic E-state index is 12.7. The number of carbonyl (C=O) groups excluding carboxylic acids is 3. The van der Waals surface area contributed by atoms with Crippen LogP contribution in [-0.2, 0) is 19.1 Å². The maximum atomic E-state index is 12.7. The van der Waals surface area contributed by atoms with E-state index in [1.165, 1.54) is 0 Å². The number of hydrogen-bond acceptors (Lipinski definition) is 5. The average molecular weight is 337 g/mol. The fourth-order valence-electron chi connectivity index (χ4n) is 4.14. The summed E-state index contributed by atoms with van der Waals surface area (Å²) in [7, 11) is 0. The number of ether oxygens (including phenoxy) is 1. The summed E-state index contributed by atoms with van der Waals surface area (Å²) in [5.74, 6) is -2.39. The third kappa shape index (κ3) is 3.07. The lowest BCUT2D eigenvalue weighted by molar-refractivity contribution is -0.143. The average Bonchev–Trinajstić information content (AvgIpc) is 3.28. The lowest BCUT2D eigenvalue weighted by Gasteiger charge is -2.35. The topological polar surface area (TPSA) is 91.0 Å². The molecule has 134 valence electrons. The number of likely N-dealkylation sites (tertiary alicyclic amines) is 1. The first-order valence-corrected chi connectivity index (χ1v) is 9.13. The molecular weight excluding hydrogens is 310 g/mol. The second-order valence-electron chi connectivity index (χ2n) is 6.81. The van der Waals surface area contributed by atoms with Crippen LogP contribution in [0.4, 0.5) is 0 Å². The van der Waals surface area contributed by atoms with Crippen molar-refractivity contribution in [3.8, 4) is 0 Å². The first kappa shape index (κ1) is 17.4. The zero-order valence-corrected chi connectivity index (χ0v) is 14.4. The van der Waals surface area contributed by atoms with Gasteiger partial charge >= 0.3 is 0 Å². The zero-order valence-electron chi connectivity index (χ0n) is 14.4. The van der Waals surface area contributed by atoms with Gasteiger partial charge in [0.05, 0.1) is 6.04 Å². The molecule has 3 fully saturated rings. The van der Waals surface area contributed by atoms with Gasteiger partial charge in [0, 0.05) is 12.6 Å². The summed E-state index contributed by atoms with van der Waals surface area (Å²) in [6, 6.07) is -0.435. The van der Waals surface area contributed by atoms with E-state index in [0.29, 0.717) is 6.54 Å². The number of rotatable bonds is 6. The molecule has 4 unspecified atom stereocenters. The minimum Gasteiger partial charge on any atom is -0.356 e. The van der Waals surface area contributed by atoms with Gasteiger partial charge in [-0.3, -0.25) is 19.7 Å². The highest BCUT2D eigenvalue weighted by molar-refractivity contribution is 6.43. The molecule has 0 aromatic rings. The summed E-state index contributed by atoms with van der Waals surface area (Å²) < 4.78 is 5.68. The minimum absolute atomic E-state index is 0.0473. The van der Waals surface area contributed by atoms with Crippen molar-refractivity contribution in [3.05, 3.63) is 0 Å². The fourth-order valence-corrected chi connectivity index (χ4v) is 4.14. The number of Topliss-reactive ketones (excluding diaryl/α,β-unsaturated/α-hetero) is 1. The highest BCUT2D eigenvalue weighted by Gasteiger charge is 2.61. The molecule has 2 N–H and O–H groups in total. The van der Waals surface area contributed by atoms with Crippen LogP contribution in [0.3, 0.4) is 0 Å². The van der Waals surface area contributed by atoms with Gasteiger partial charge in [-0.25, -0.2) is 0 Å². The van der Waals surface area contributed by atoms with Gasteiger partial charge in [0.1, 0.15) is 18.2 Å². The van der Waals surface area contributed by atoms with Gasteiger partial charge in [0.2, 0.25) is 11.7 Å². The van der Waals surface area contributed by atoms with Crippen LogP contribution in [-0.4, -0.2) is 60.0 Å². The number of epoxide rings is 1. The predicted octanol–water partition coefficient (Wildman–Crippen LogP) is 0.186. The Kier molecular flexibility index (Phi) is 5.20. The van der Waals surface area contributed by atoms with Crippen LogP contribution < -0.4 is 10.6 Å². The number of nitrogens with one attached hydrogen (secondary N) is 2. The van der Waals surface area contributed by atoms with E-state index in [4.69, 9.17) is 4.74 Å². The molecule has 3 aliphatic rings. The summed E-state index contributed by atoms with van der Waals surface area (Å²) in [4.78, 5) is 39.3. The molecule has 1 aliphatic carbocycles. The van der Waals surface area contributed by atoms with Crippen LogP contribution in [0.15, 0.2) is 0 Å². The van der Waals surface area contributed by atoms with Crippen LogP contribution in [0, 0.1) is 5.92 Å². The lowest BCUT2D eigenvalue weighted by Crippen LogP contribution is -2.50. The number of ketones is 1. The van der Waals surface area contributed by atoms with Gasteiger partial charge in [0.25, 0.3) is 5.91 Å². The Hall–Kier alpha value is -1.47. The van der Waals surface area contributed by atoms with E-state index in [0.717, 1.165) is 38.6 Å². The molecule has 0 spiro atoms. The molecule has 0 aromatic carbocycles. The van der Waals surface area contributed by atoms with Crippen molar-refractivity contribution in [2.45, 2.75) is 70.4 Å². The molecule has 7 nitrogen and oxygen atoms in total. The molecule has 24 heavy (non-hydrogen) atoms. The SMILES string of the molecule is CCNC(=O)C1C(=O)C(=O)N(C2CCCCC2)C1C1OC1NCC. The molecule has 7 heteroatoms. The summed E-state index contributed by atoms with van der Waals surface area (Å²) >= 11 is 0. The molecule has 3 rings (SSSR count). The number of nitrogens with zero attached hydrogens (tertiary/aromatic N) is 1. The van der Waals surface area contributed by atoms with E-state index < -0.39 is 23.7 Å². The molecule has 2 aliphatic heterocycles. The van der Waals surface area contributed by atoms with Gasteiger partial charge in [0.15, 0.2) is 0 Å². The maximum Gasteiger partial charge on any atom is 0.291 e. The number of amides is 2. The normalized spacial score (nSPS) is 33.8. The van der Waals surface area contributed by atoms with Gasteiger partial charge in [-0.15, -0.1) is 0 Å². The van der Waals surface area contributed by atoms with E-state index in [1.807, 2.05) is 13.8 Å². The Morgan fingerprint density at radius 3 is 2.50 bits per heavy atom. The molecule has 1 saturated carbocycles. The largest absolute Gasteiger partial charge is 0.356 e. The van der Waals surface area contributed by atoms with Crippen molar-refractivity contribution in [2.24, 2.45) is 5.92 Å². The molecule has 2 heterocycles. The Morgan fingerprint density at radius 1 is 1.17 bits per heavy atom. The fraction of sp³-hybridized carbons (Fsp3) is 0.824. The van der Waals surface area contributed by atoms with Gasteiger partial charge in [-0.1, -0.05) is 26.2 Å². The minimum atomic E-state index is -0.951. The van der Waals surface area contributed by atoms with Crippen molar-refractivity contribution in [3.63, 3.8) is 0 Å². The van der Waals surface area contributed by atoms with Crippen molar-refractivity contribution < 1.29 is 19.1 Å². The van der Waals surface area contributed by atoms with Crippen molar-refractivity contribution in [1.29, 1.82) is 0 Å². The van der Waals surface area contributed by atoms with E-state index in [-0.39, 0.29) is 24.3 Å². The Labute approximate surface area is 142 Å². The van der Waals surface area contributed by atoms with Crippen LogP contribution in [0.5, 0.6) is 0 Å².